The van der Waals surface area contributed by atoms with E-state index in [0.29, 0.717) is 17.7 Å². The smallest absolute Gasteiger partial charge is 0.255 e. The van der Waals surface area contributed by atoms with Crippen LogP contribution >= 0.6 is 11.3 Å². The van der Waals surface area contributed by atoms with Gasteiger partial charge in [-0.2, -0.15) is 11.3 Å². The third kappa shape index (κ3) is 9.81. The van der Waals surface area contributed by atoms with Crippen LogP contribution in [0, 0.1) is 11.8 Å². The summed E-state index contributed by atoms with van der Waals surface area (Å²) in [6.45, 7) is 8.98. The first kappa shape index (κ1) is 33.6. The molecule has 5 amide bonds. The highest BCUT2D eigenvalue weighted by Gasteiger charge is 2.32. The zero-order valence-electron chi connectivity index (χ0n) is 25.6. The summed E-state index contributed by atoms with van der Waals surface area (Å²) in [7, 11) is 1.55. The van der Waals surface area contributed by atoms with Crippen LogP contribution in [-0.2, 0) is 25.6 Å². The summed E-state index contributed by atoms with van der Waals surface area (Å²) in [6.07, 6.45) is 0.466. The Bertz CT molecular complexity index is 1260. The minimum atomic E-state index is -1.02. The minimum absolute atomic E-state index is 0.0442. The van der Waals surface area contributed by atoms with Crippen LogP contribution in [0.5, 0.6) is 5.75 Å². The lowest BCUT2D eigenvalue weighted by Gasteiger charge is -2.31. The van der Waals surface area contributed by atoms with E-state index in [-0.39, 0.29) is 37.3 Å². The standard InChI is InChI=1S/C31H43N5O6S/c1-18(2)13-24-30(40)34-25(14-21-7-9-23(42-6)10-8-21)29(39)32-20(5)28(38)35-26(19(3)4)15-36(16-27(37)33-24)31(41)22-11-12-43-17-22/h7-12,17-20,24-26H,13-16H2,1-6H3,(H,32,39)(H,33,37)(H,34,40)(H,35,38)/t20-,24+,25+,26-/m1/s1. The summed E-state index contributed by atoms with van der Waals surface area (Å²) in [6, 6.07) is 5.38. The summed E-state index contributed by atoms with van der Waals surface area (Å²) in [5, 5.41) is 14.8. The van der Waals surface area contributed by atoms with Gasteiger partial charge in [0.25, 0.3) is 5.91 Å². The summed E-state index contributed by atoms with van der Waals surface area (Å²) >= 11 is 1.36. The normalized spacial score (nSPS) is 22.7. The van der Waals surface area contributed by atoms with Crippen molar-refractivity contribution in [3.05, 3.63) is 52.2 Å². The highest BCUT2D eigenvalue weighted by Crippen LogP contribution is 2.15. The molecule has 1 fully saturated rings. The van der Waals surface area contributed by atoms with Gasteiger partial charge in [-0.3, -0.25) is 24.0 Å². The number of ether oxygens (including phenoxy) is 1. The molecular formula is C31H43N5O6S. The topological polar surface area (TPSA) is 146 Å². The van der Waals surface area contributed by atoms with Crippen molar-refractivity contribution < 1.29 is 28.7 Å². The van der Waals surface area contributed by atoms with E-state index in [4.69, 9.17) is 4.74 Å². The molecule has 4 N–H and O–H groups in total. The Morgan fingerprint density at radius 3 is 2.19 bits per heavy atom. The highest BCUT2D eigenvalue weighted by atomic mass is 32.1. The number of hydrogen-bond donors (Lipinski definition) is 4. The van der Waals surface area contributed by atoms with Gasteiger partial charge in [0.05, 0.1) is 19.2 Å². The van der Waals surface area contributed by atoms with Gasteiger partial charge in [-0.25, -0.2) is 0 Å². The molecular weight excluding hydrogens is 570 g/mol. The highest BCUT2D eigenvalue weighted by molar-refractivity contribution is 7.08. The fourth-order valence-electron chi connectivity index (χ4n) is 4.73. The maximum atomic E-state index is 13.6. The number of nitrogens with zero attached hydrogens (tertiary/aromatic N) is 1. The second kappa shape index (κ2) is 15.5. The first-order chi connectivity index (χ1) is 20.4. The molecule has 3 rings (SSSR count). The average molecular weight is 614 g/mol. The number of hydrogen-bond acceptors (Lipinski definition) is 7. The van der Waals surface area contributed by atoms with E-state index < -0.39 is 47.8 Å². The minimum Gasteiger partial charge on any atom is -0.497 e. The zero-order chi connectivity index (χ0) is 31.7. The maximum Gasteiger partial charge on any atom is 0.255 e. The molecule has 0 aliphatic carbocycles. The molecule has 2 heterocycles. The lowest BCUT2D eigenvalue weighted by atomic mass is 10.0. The quantitative estimate of drug-likeness (QED) is 0.377. The molecule has 1 saturated heterocycles. The molecule has 4 atom stereocenters. The molecule has 0 bridgehead atoms. The number of thiophene rings is 1. The fraction of sp³-hybridized carbons (Fsp3) is 0.516. The van der Waals surface area contributed by atoms with Crippen molar-refractivity contribution in [1.29, 1.82) is 0 Å². The zero-order valence-corrected chi connectivity index (χ0v) is 26.5. The molecule has 43 heavy (non-hydrogen) atoms. The van der Waals surface area contributed by atoms with Gasteiger partial charge in [-0.05, 0) is 54.3 Å². The van der Waals surface area contributed by atoms with Gasteiger partial charge in [0.2, 0.25) is 23.6 Å². The molecule has 1 aliphatic heterocycles. The summed E-state index contributed by atoms with van der Waals surface area (Å²) in [5.74, 6) is -1.78. The van der Waals surface area contributed by atoms with Crippen molar-refractivity contribution in [3.63, 3.8) is 0 Å². The number of nitrogens with one attached hydrogen (secondary N) is 4. The van der Waals surface area contributed by atoms with Gasteiger partial charge < -0.3 is 30.9 Å². The Kier molecular flexibility index (Phi) is 12.1. The van der Waals surface area contributed by atoms with E-state index in [1.165, 1.54) is 16.2 Å². The maximum absolute atomic E-state index is 13.6. The largest absolute Gasteiger partial charge is 0.497 e. The Hall–Kier alpha value is -3.93. The Morgan fingerprint density at radius 1 is 0.930 bits per heavy atom. The van der Waals surface area contributed by atoms with E-state index in [1.807, 2.05) is 27.7 Å². The molecule has 12 heteroatoms. The second-order valence-corrected chi connectivity index (χ2v) is 12.4. The first-order valence-corrected chi connectivity index (χ1v) is 15.5. The lowest BCUT2D eigenvalue weighted by molar-refractivity contribution is -0.133. The monoisotopic (exact) mass is 613 g/mol. The third-order valence-corrected chi connectivity index (χ3v) is 7.97. The molecule has 0 saturated carbocycles. The van der Waals surface area contributed by atoms with Crippen LogP contribution in [0.15, 0.2) is 41.1 Å². The van der Waals surface area contributed by atoms with Gasteiger partial charge in [0.1, 0.15) is 23.9 Å². The Morgan fingerprint density at radius 2 is 1.60 bits per heavy atom. The second-order valence-electron chi connectivity index (χ2n) is 11.7. The van der Waals surface area contributed by atoms with E-state index in [1.54, 1.807) is 55.1 Å². The molecule has 234 valence electrons. The van der Waals surface area contributed by atoms with Crippen molar-refractivity contribution >= 4 is 40.9 Å². The average Bonchev–Trinajstić information content (AvgIpc) is 3.49. The molecule has 1 aliphatic rings. The number of amides is 5. The predicted octanol–water partition coefficient (Wildman–Crippen LogP) is 2.12. The Balaban J connectivity index is 1.97. The molecule has 11 nitrogen and oxygen atoms in total. The van der Waals surface area contributed by atoms with Crippen molar-refractivity contribution in [2.24, 2.45) is 11.8 Å². The van der Waals surface area contributed by atoms with Crippen LogP contribution in [0.1, 0.15) is 57.0 Å². The van der Waals surface area contributed by atoms with Crippen LogP contribution < -0.4 is 26.0 Å². The van der Waals surface area contributed by atoms with Crippen LogP contribution in [-0.4, -0.2) is 78.8 Å². The predicted molar refractivity (Wildman–Crippen MR) is 165 cm³/mol. The van der Waals surface area contributed by atoms with E-state index in [0.717, 1.165) is 5.56 Å². The van der Waals surface area contributed by atoms with Crippen molar-refractivity contribution in [2.45, 2.75) is 71.6 Å². The van der Waals surface area contributed by atoms with Gasteiger partial charge in [-0.1, -0.05) is 39.8 Å². The van der Waals surface area contributed by atoms with Crippen molar-refractivity contribution in [3.8, 4) is 5.75 Å². The number of carbonyl (C=O) groups is 5. The molecule has 2 aromatic rings. The number of carbonyl (C=O) groups excluding carboxylic acids is 5. The summed E-state index contributed by atoms with van der Waals surface area (Å²) < 4.78 is 5.22. The molecule has 0 spiro atoms. The third-order valence-electron chi connectivity index (χ3n) is 7.28. The number of rotatable bonds is 7. The number of methoxy groups -OCH3 is 1. The van der Waals surface area contributed by atoms with E-state index >= 15 is 0 Å². The van der Waals surface area contributed by atoms with Crippen LogP contribution in [0.3, 0.4) is 0 Å². The molecule has 1 aromatic carbocycles. The first-order valence-electron chi connectivity index (χ1n) is 14.5. The van der Waals surface area contributed by atoms with E-state index in [9.17, 15) is 24.0 Å². The van der Waals surface area contributed by atoms with Gasteiger partial charge in [0.15, 0.2) is 0 Å². The summed E-state index contributed by atoms with van der Waals surface area (Å²) in [4.78, 5) is 68.5. The Labute approximate surface area is 257 Å². The molecule has 0 unspecified atom stereocenters. The SMILES string of the molecule is COc1ccc(C[C@@H]2NC(=O)[C@H](CC(C)C)NC(=O)CN(C(=O)c3ccsc3)C[C@H](C(C)C)NC(=O)[C@@H](C)NC2=O)cc1. The van der Waals surface area contributed by atoms with Crippen LogP contribution in [0.2, 0.25) is 0 Å². The van der Waals surface area contributed by atoms with E-state index in [2.05, 4.69) is 21.3 Å². The number of benzene rings is 1. The van der Waals surface area contributed by atoms with Crippen molar-refractivity contribution in [1.82, 2.24) is 26.2 Å². The van der Waals surface area contributed by atoms with Crippen molar-refractivity contribution in [2.75, 3.05) is 20.2 Å². The van der Waals surface area contributed by atoms with Gasteiger partial charge in [-0.15, -0.1) is 0 Å². The van der Waals surface area contributed by atoms with Crippen LogP contribution in [0.25, 0.3) is 0 Å². The summed E-state index contributed by atoms with van der Waals surface area (Å²) in [5.41, 5.74) is 1.20. The lowest BCUT2D eigenvalue weighted by Crippen LogP contribution is -2.57. The fourth-order valence-corrected chi connectivity index (χ4v) is 5.36. The van der Waals surface area contributed by atoms with Gasteiger partial charge >= 0.3 is 0 Å². The van der Waals surface area contributed by atoms with Crippen LogP contribution in [0.4, 0.5) is 0 Å². The molecule has 0 radical (unpaired) electrons. The van der Waals surface area contributed by atoms with Gasteiger partial charge in [0, 0.05) is 24.4 Å². The molecule has 1 aromatic heterocycles.